The molecule has 19 heavy (non-hydrogen) atoms. The van der Waals surface area contributed by atoms with Crippen molar-refractivity contribution in [3.8, 4) is 11.5 Å². The summed E-state index contributed by atoms with van der Waals surface area (Å²) in [5.74, 6) is 8.00. The number of ketones is 1. The van der Waals surface area contributed by atoms with Gasteiger partial charge in [0.05, 0.1) is 0 Å². The summed E-state index contributed by atoms with van der Waals surface area (Å²) in [6.07, 6.45) is 7.06. The maximum atomic E-state index is 11.6. The van der Waals surface area contributed by atoms with Crippen LogP contribution in [0.15, 0.2) is 0 Å². The van der Waals surface area contributed by atoms with Gasteiger partial charge in [0.1, 0.15) is 13.9 Å². The number of Topliss-reactive ketones (excluding diaryl/α,β-unsaturated/α-hetero) is 1. The van der Waals surface area contributed by atoms with Gasteiger partial charge in [-0.2, -0.15) is 0 Å². The molecular weight excluding hydrogens is 248 g/mol. The smallest absolute Gasteiger partial charge is 0.133 e. The summed E-state index contributed by atoms with van der Waals surface area (Å²) in [5.41, 5.74) is 3.62. The van der Waals surface area contributed by atoms with E-state index in [1.54, 1.807) is 0 Å². The Morgan fingerprint density at radius 2 is 1.79 bits per heavy atom. The first-order valence-corrected chi connectivity index (χ1v) is 11.5. The lowest BCUT2D eigenvalue weighted by atomic mass is 9.72. The first kappa shape index (κ1) is 13.4. The van der Waals surface area contributed by atoms with Crippen LogP contribution in [0, 0.1) is 41.1 Å². The van der Waals surface area contributed by atoms with Crippen molar-refractivity contribution in [2.24, 2.45) is 29.6 Å². The van der Waals surface area contributed by atoms with Gasteiger partial charge in [-0.25, -0.2) is 0 Å². The number of hydrogen-bond acceptors (Lipinski definition) is 1. The monoisotopic (exact) mass is 274 g/mol. The van der Waals surface area contributed by atoms with Gasteiger partial charge in [0.25, 0.3) is 0 Å². The number of fused-ring (bicyclic) bond motifs is 2. The van der Waals surface area contributed by atoms with E-state index >= 15 is 0 Å². The van der Waals surface area contributed by atoms with E-state index in [0.717, 1.165) is 37.0 Å². The Balaban J connectivity index is 1.80. The molecule has 3 saturated carbocycles. The minimum absolute atomic E-state index is 0.504. The van der Waals surface area contributed by atoms with E-state index in [-0.39, 0.29) is 0 Å². The van der Waals surface area contributed by atoms with Crippen molar-refractivity contribution in [1.82, 2.24) is 0 Å². The minimum atomic E-state index is -1.26. The van der Waals surface area contributed by atoms with E-state index in [1.165, 1.54) is 19.3 Å². The quantitative estimate of drug-likeness (QED) is 0.523. The molecule has 0 radical (unpaired) electrons. The zero-order chi connectivity index (χ0) is 13.6. The van der Waals surface area contributed by atoms with Crippen LogP contribution in [0.4, 0.5) is 0 Å². The van der Waals surface area contributed by atoms with Crippen LogP contribution in [0.3, 0.4) is 0 Å². The van der Waals surface area contributed by atoms with Gasteiger partial charge in [-0.15, -0.1) is 11.5 Å². The molecule has 0 saturated heterocycles. The normalized spacial score (nSPS) is 41.4. The lowest BCUT2D eigenvalue weighted by Gasteiger charge is -2.32. The molecule has 0 N–H and O–H groups in total. The second-order valence-electron chi connectivity index (χ2n) is 8.00. The Kier molecular flexibility index (Phi) is 3.37. The fraction of sp³-hybridized carbons (Fsp3) is 0.824. The van der Waals surface area contributed by atoms with Crippen LogP contribution in [0.25, 0.3) is 0 Å². The fourth-order valence-electron chi connectivity index (χ4n) is 4.70. The molecule has 3 fully saturated rings. The standard InChI is InChI=1S/C17H26OSi/c1-19(2,3)9-8-16-12-4-5-13(10-12)17(16)14-6-7-15(18)11-14/h12-14,16-17H,4-7,10-11H2,1-3H3/t12-,13+,14-,16+,17+/m0/s1. The second-order valence-corrected chi connectivity index (χ2v) is 12.7. The van der Waals surface area contributed by atoms with Gasteiger partial charge in [-0.05, 0) is 49.4 Å². The highest BCUT2D eigenvalue weighted by Gasteiger charge is 2.50. The summed E-state index contributed by atoms with van der Waals surface area (Å²) in [4.78, 5) is 11.6. The number of hydrogen-bond donors (Lipinski definition) is 0. The summed E-state index contributed by atoms with van der Waals surface area (Å²) >= 11 is 0. The topological polar surface area (TPSA) is 17.1 Å². The summed E-state index contributed by atoms with van der Waals surface area (Å²) < 4.78 is 0. The molecule has 0 aromatic heterocycles. The number of carbonyl (C=O) groups is 1. The molecule has 2 bridgehead atoms. The van der Waals surface area contributed by atoms with Gasteiger partial charge in [0, 0.05) is 18.8 Å². The zero-order valence-electron chi connectivity index (χ0n) is 12.5. The summed E-state index contributed by atoms with van der Waals surface area (Å²) in [7, 11) is -1.26. The van der Waals surface area contributed by atoms with Crippen molar-refractivity contribution < 1.29 is 4.79 Å². The maximum absolute atomic E-state index is 11.6. The van der Waals surface area contributed by atoms with Crippen molar-refractivity contribution >= 4 is 13.9 Å². The van der Waals surface area contributed by atoms with Crippen LogP contribution in [-0.2, 0) is 4.79 Å². The van der Waals surface area contributed by atoms with Gasteiger partial charge in [-0.3, -0.25) is 4.79 Å². The third-order valence-corrected chi connectivity index (χ3v) is 6.32. The summed E-state index contributed by atoms with van der Waals surface area (Å²) in [6, 6.07) is 0. The molecule has 3 rings (SSSR count). The summed E-state index contributed by atoms with van der Waals surface area (Å²) in [5, 5.41) is 0. The largest absolute Gasteiger partial charge is 0.300 e. The Bertz CT molecular complexity index is 436. The molecular formula is C17H26OSi. The lowest BCUT2D eigenvalue weighted by molar-refractivity contribution is -0.117. The molecule has 0 unspecified atom stereocenters. The van der Waals surface area contributed by atoms with E-state index in [2.05, 4.69) is 31.1 Å². The molecule has 104 valence electrons. The molecule has 2 heteroatoms. The van der Waals surface area contributed by atoms with E-state index in [4.69, 9.17) is 0 Å². The predicted molar refractivity (Wildman–Crippen MR) is 81.3 cm³/mol. The predicted octanol–water partition coefficient (Wildman–Crippen LogP) is 3.90. The number of carbonyl (C=O) groups excluding carboxylic acids is 1. The van der Waals surface area contributed by atoms with Crippen LogP contribution in [-0.4, -0.2) is 13.9 Å². The average Bonchev–Trinajstić information content (AvgIpc) is 2.99. The molecule has 0 spiro atoms. The Morgan fingerprint density at radius 3 is 2.42 bits per heavy atom. The van der Waals surface area contributed by atoms with Gasteiger partial charge in [-0.1, -0.05) is 19.6 Å². The Hall–Kier alpha value is -0.553. The molecule has 1 nitrogen and oxygen atoms in total. The third-order valence-electron chi connectivity index (χ3n) is 5.42. The zero-order valence-corrected chi connectivity index (χ0v) is 13.5. The van der Waals surface area contributed by atoms with Crippen molar-refractivity contribution in [3.05, 3.63) is 0 Å². The first-order chi connectivity index (χ1) is 8.94. The molecule has 3 aliphatic rings. The van der Waals surface area contributed by atoms with E-state index in [9.17, 15) is 4.79 Å². The summed E-state index contributed by atoms with van der Waals surface area (Å²) in [6.45, 7) is 7.00. The molecule has 0 aromatic carbocycles. The van der Waals surface area contributed by atoms with Crippen LogP contribution in [0.1, 0.15) is 38.5 Å². The van der Waals surface area contributed by atoms with Gasteiger partial charge >= 0.3 is 0 Å². The molecule has 0 aromatic rings. The average molecular weight is 274 g/mol. The Morgan fingerprint density at radius 1 is 1.05 bits per heavy atom. The second kappa shape index (κ2) is 4.77. The molecule has 0 amide bonds. The fourth-order valence-corrected chi connectivity index (χ4v) is 5.30. The highest BCUT2D eigenvalue weighted by molar-refractivity contribution is 6.83. The molecule has 0 aliphatic heterocycles. The highest BCUT2D eigenvalue weighted by Crippen LogP contribution is 2.56. The van der Waals surface area contributed by atoms with Gasteiger partial charge in [0.2, 0.25) is 0 Å². The van der Waals surface area contributed by atoms with Crippen LogP contribution < -0.4 is 0 Å². The highest BCUT2D eigenvalue weighted by atomic mass is 28.3. The van der Waals surface area contributed by atoms with E-state index in [0.29, 0.717) is 17.6 Å². The van der Waals surface area contributed by atoms with Crippen LogP contribution >= 0.6 is 0 Å². The molecule has 5 atom stereocenters. The van der Waals surface area contributed by atoms with E-state index in [1.807, 2.05) is 0 Å². The third kappa shape index (κ3) is 2.68. The van der Waals surface area contributed by atoms with Gasteiger partial charge < -0.3 is 0 Å². The maximum Gasteiger partial charge on any atom is 0.133 e. The van der Waals surface area contributed by atoms with Crippen LogP contribution in [0.2, 0.25) is 19.6 Å². The van der Waals surface area contributed by atoms with Crippen molar-refractivity contribution in [1.29, 1.82) is 0 Å². The minimum Gasteiger partial charge on any atom is -0.300 e. The lowest BCUT2D eigenvalue weighted by Crippen LogP contribution is -2.28. The van der Waals surface area contributed by atoms with Crippen molar-refractivity contribution in [2.75, 3.05) is 0 Å². The SMILES string of the molecule is C[Si](C)(C)C#C[C@@H]1[C@H]2CC[C@H](C2)[C@@H]1[C@H]1CCC(=O)C1. The van der Waals surface area contributed by atoms with Gasteiger partial charge in [0.15, 0.2) is 0 Å². The van der Waals surface area contributed by atoms with Crippen molar-refractivity contribution in [2.45, 2.75) is 58.2 Å². The first-order valence-electron chi connectivity index (χ1n) is 7.98. The molecule has 3 aliphatic carbocycles. The van der Waals surface area contributed by atoms with Crippen molar-refractivity contribution in [3.63, 3.8) is 0 Å². The Labute approximate surface area is 118 Å². The molecule has 0 heterocycles. The van der Waals surface area contributed by atoms with E-state index < -0.39 is 8.07 Å². The number of rotatable bonds is 1. The van der Waals surface area contributed by atoms with Crippen LogP contribution in [0.5, 0.6) is 0 Å².